The molecule has 7 nitrogen and oxygen atoms in total. The molecular formula is C20H18N2O5S2. The van der Waals surface area contributed by atoms with Crippen LogP contribution in [0.1, 0.15) is 0 Å². The van der Waals surface area contributed by atoms with E-state index in [1.807, 2.05) is 11.4 Å². The van der Waals surface area contributed by atoms with Crippen molar-refractivity contribution in [2.75, 3.05) is 20.3 Å². The molecule has 0 saturated carbocycles. The molecule has 2 heterocycles. The van der Waals surface area contributed by atoms with Crippen molar-refractivity contribution >= 4 is 42.3 Å². The van der Waals surface area contributed by atoms with Crippen molar-refractivity contribution < 1.29 is 18.3 Å². The van der Waals surface area contributed by atoms with E-state index in [1.165, 1.54) is 23.5 Å². The maximum atomic E-state index is 12.3. The highest BCUT2D eigenvalue weighted by molar-refractivity contribution is 7.89. The van der Waals surface area contributed by atoms with Gasteiger partial charge in [-0.1, -0.05) is 12.1 Å². The van der Waals surface area contributed by atoms with E-state index in [-0.39, 0.29) is 23.6 Å². The third-order valence-corrected chi connectivity index (χ3v) is 7.02. The number of nitrogens with one attached hydrogen (secondary N) is 2. The van der Waals surface area contributed by atoms with Crippen LogP contribution in [0.2, 0.25) is 0 Å². The number of methoxy groups -OCH3 is 1. The maximum Gasteiger partial charge on any atom is 0.266 e. The first-order chi connectivity index (χ1) is 14.0. The van der Waals surface area contributed by atoms with Crippen molar-refractivity contribution in [1.29, 1.82) is 0 Å². The molecule has 4 aromatic rings. The highest BCUT2D eigenvalue weighted by Gasteiger charge is 2.18. The van der Waals surface area contributed by atoms with Gasteiger partial charge in [-0.15, -0.1) is 11.3 Å². The van der Waals surface area contributed by atoms with E-state index in [0.717, 1.165) is 21.9 Å². The average molecular weight is 431 g/mol. The zero-order chi connectivity index (χ0) is 20.6. The van der Waals surface area contributed by atoms with Crippen LogP contribution in [0.25, 0.3) is 32.1 Å². The molecule has 0 saturated heterocycles. The number of H-pyrrole nitrogens is 1. The molecule has 0 aliphatic rings. The summed E-state index contributed by atoms with van der Waals surface area (Å²) in [4.78, 5) is 15.3. The van der Waals surface area contributed by atoms with Gasteiger partial charge in [-0.2, -0.15) is 0 Å². The third kappa shape index (κ3) is 3.42. The lowest BCUT2D eigenvalue weighted by atomic mass is 9.97. The minimum Gasteiger partial charge on any atom is -0.496 e. The first-order valence-corrected chi connectivity index (χ1v) is 11.1. The minimum atomic E-state index is -3.70. The predicted octanol–water partition coefficient (Wildman–Crippen LogP) is 2.69. The summed E-state index contributed by atoms with van der Waals surface area (Å²) in [6.45, 7) is -0.329. The smallest absolute Gasteiger partial charge is 0.266 e. The SMILES string of the molecule is COc1ccc2[nH]c(=O)c3sccc3c2c1-c1ccc(S(=O)(=O)NCCO)cc1. The number of benzene rings is 2. The first kappa shape index (κ1) is 19.6. The fourth-order valence-electron chi connectivity index (χ4n) is 3.35. The molecular weight excluding hydrogens is 412 g/mol. The van der Waals surface area contributed by atoms with Gasteiger partial charge >= 0.3 is 0 Å². The summed E-state index contributed by atoms with van der Waals surface area (Å²) in [6.07, 6.45) is 0. The molecule has 2 aromatic carbocycles. The van der Waals surface area contributed by atoms with E-state index in [4.69, 9.17) is 9.84 Å². The lowest BCUT2D eigenvalue weighted by Crippen LogP contribution is -2.26. The van der Waals surface area contributed by atoms with Gasteiger partial charge in [-0.25, -0.2) is 13.1 Å². The van der Waals surface area contributed by atoms with Crippen molar-refractivity contribution in [2.45, 2.75) is 4.90 Å². The Kier molecular flexibility index (Phi) is 5.13. The minimum absolute atomic E-state index is 0.0509. The largest absolute Gasteiger partial charge is 0.496 e. The lowest BCUT2D eigenvalue weighted by Gasteiger charge is -2.14. The zero-order valence-electron chi connectivity index (χ0n) is 15.4. The summed E-state index contributed by atoms with van der Waals surface area (Å²) in [5.41, 5.74) is 2.07. The van der Waals surface area contributed by atoms with Gasteiger partial charge in [0, 0.05) is 28.4 Å². The highest BCUT2D eigenvalue weighted by atomic mass is 32.2. The Hall–Kier alpha value is -2.72. The Morgan fingerprint density at radius 3 is 2.59 bits per heavy atom. The summed E-state index contributed by atoms with van der Waals surface area (Å²) in [6, 6.07) is 11.9. The first-order valence-electron chi connectivity index (χ1n) is 8.77. The molecule has 0 aliphatic carbocycles. The van der Waals surface area contributed by atoms with Crippen LogP contribution >= 0.6 is 11.3 Å². The van der Waals surface area contributed by atoms with Crippen molar-refractivity contribution in [3.8, 4) is 16.9 Å². The topological polar surface area (TPSA) is 108 Å². The Morgan fingerprint density at radius 2 is 1.90 bits per heavy atom. The fourth-order valence-corrected chi connectivity index (χ4v) is 5.17. The number of aliphatic hydroxyl groups is 1. The van der Waals surface area contributed by atoms with Gasteiger partial charge in [0.2, 0.25) is 10.0 Å². The van der Waals surface area contributed by atoms with Gasteiger partial charge in [0.1, 0.15) is 10.4 Å². The molecule has 150 valence electrons. The molecule has 0 unspecified atom stereocenters. The number of sulfonamides is 1. The van der Waals surface area contributed by atoms with Crippen molar-refractivity contribution in [2.24, 2.45) is 0 Å². The van der Waals surface area contributed by atoms with Gasteiger partial charge < -0.3 is 14.8 Å². The molecule has 0 aliphatic heterocycles. The number of hydrogen-bond donors (Lipinski definition) is 3. The predicted molar refractivity (Wildman–Crippen MR) is 114 cm³/mol. The van der Waals surface area contributed by atoms with E-state index >= 15 is 0 Å². The Balaban J connectivity index is 1.94. The van der Waals surface area contributed by atoms with Crippen LogP contribution in [-0.2, 0) is 10.0 Å². The number of ether oxygens (including phenoxy) is 1. The van der Waals surface area contributed by atoms with Gasteiger partial charge in [-0.3, -0.25) is 4.79 Å². The molecule has 0 spiro atoms. The van der Waals surface area contributed by atoms with Crippen molar-refractivity contribution in [3.05, 3.63) is 58.2 Å². The van der Waals surface area contributed by atoms with Crippen LogP contribution in [0.5, 0.6) is 5.75 Å². The van der Waals surface area contributed by atoms with Gasteiger partial charge in [-0.05, 0) is 41.3 Å². The Bertz CT molecular complexity index is 1360. The van der Waals surface area contributed by atoms with Crippen LogP contribution in [0, 0.1) is 0 Å². The summed E-state index contributed by atoms with van der Waals surface area (Å²) in [5, 5.41) is 12.4. The number of fused-ring (bicyclic) bond motifs is 3. The third-order valence-electron chi connectivity index (χ3n) is 4.63. The average Bonchev–Trinajstić information content (AvgIpc) is 3.22. The molecule has 0 radical (unpaired) electrons. The monoisotopic (exact) mass is 430 g/mol. The number of pyridine rings is 1. The molecule has 4 rings (SSSR count). The molecule has 2 aromatic heterocycles. The second-order valence-electron chi connectivity index (χ2n) is 6.33. The molecule has 29 heavy (non-hydrogen) atoms. The van der Waals surface area contributed by atoms with Crippen molar-refractivity contribution in [3.63, 3.8) is 0 Å². The summed E-state index contributed by atoms with van der Waals surface area (Å²) in [5.74, 6) is 0.617. The molecule has 0 atom stereocenters. The fraction of sp³-hybridized carbons (Fsp3) is 0.150. The molecule has 9 heteroatoms. The standard InChI is InChI=1S/C20H18N2O5S2/c1-27-16-7-6-15-18(14-8-11-28-19(14)20(24)22-15)17(16)12-2-4-13(5-3-12)29(25,26)21-9-10-23/h2-8,11,21,23H,9-10H2,1H3,(H,22,24). The second kappa shape index (κ2) is 7.60. The number of rotatable bonds is 6. The van der Waals surface area contributed by atoms with Gasteiger partial charge in [0.25, 0.3) is 5.56 Å². The Labute approximate surface area is 170 Å². The Morgan fingerprint density at radius 1 is 1.14 bits per heavy atom. The normalized spacial score (nSPS) is 11.9. The second-order valence-corrected chi connectivity index (χ2v) is 9.01. The number of thiophene rings is 1. The summed E-state index contributed by atoms with van der Waals surface area (Å²) in [7, 11) is -2.13. The number of aromatic amines is 1. The number of aliphatic hydroxyl groups excluding tert-OH is 1. The van der Waals surface area contributed by atoms with Crippen LogP contribution in [0.4, 0.5) is 0 Å². The van der Waals surface area contributed by atoms with E-state index in [0.29, 0.717) is 16.0 Å². The van der Waals surface area contributed by atoms with Crippen LogP contribution in [-0.4, -0.2) is 38.8 Å². The quantitative estimate of drug-likeness (QED) is 0.436. The molecule has 0 bridgehead atoms. The maximum absolute atomic E-state index is 12.3. The van der Waals surface area contributed by atoms with Crippen molar-refractivity contribution in [1.82, 2.24) is 9.71 Å². The van der Waals surface area contributed by atoms with Gasteiger partial charge in [0.15, 0.2) is 0 Å². The number of hydrogen-bond acceptors (Lipinski definition) is 6. The summed E-state index contributed by atoms with van der Waals surface area (Å²) < 4.78 is 33.0. The van der Waals surface area contributed by atoms with Crippen LogP contribution in [0.3, 0.4) is 0 Å². The molecule has 0 amide bonds. The highest BCUT2D eigenvalue weighted by Crippen LogP contribution is 2.40. The lowest BCUT2D eigenvalue weighted by molar-refractivity contribution is 0.301. The van der Waals surface area contributed by atoms with E-state index in [9.17, 15) is 13.2 Å². The van der Waals surface area contributed by atoms with E-state index in [2.05, 4.69) is 9.71 Å². The van der Waals surface area contributed by atoms with Crippen LogP contribution < -0.4 is 15.0 Å². The van der Waals surface area contributed by atoms with E-state index < -0.39 is 10.0 Å². The zero-order valence-corrected chi connectivity index (χ0v) is 17.1. The molecule has 0 fully saturated rings. The number of aromatic nitrogens is 1. The van der Waals surface area contributed by atoms with Gasteiger partial charge in [0.05, 0.1) is 18.6 Å². The summed E-state index contributed by atoms with van der Waals surface area (Å²) >= 11 is 1.37. The van der Waals surface area contributed by atoms with E-state index in [1.54, 1.807) is 31.4 Å². The molecule has 3 N–H and O–H groups in total. The van der Waals surface area contributed by atoms with Crippen LogP contribution in [0.15, 0.2) is 57.5 Å².